The van der Waals surface area contributed by atoms with Crippen LogP contribution in [0.1, 0.15) is 54.2 Å². The minimum atomic E-state index is 0.0619. The fraction of sp³-hybridized carbons (Fsp3) is 0.500. The Morgan fingerprint density at radius 1 is 1.04 bits per heavy atom. The molecule has 2 rings (SSSR count). The van der Waals surface area contributed by atoms with Gasteiger partial charge in [0.1, 0.15) is 5.75 Å². The molecule has 0 spiro atoms. The SMILES string of the molecule is CCCCCCc1cc(C)sc1-c1cc(OC)c(C)cc1CO. The van der Waals surface area contributed by atoms with Crippen LogP contribution in [-0.4, -0.2) is 12.2 Å². The lowest BCUT2D eigenvalue weighted by molar-refractivity contribution is 0.282. The summed E-state index contributed by atoms with van der Waals surface area (Å²) in [5, 5.41) is 9.78. The third kappa shape index (κ3) is 4.36. The van der Waals surface area contributed by atoms with Crippen LogP contribution >= 0.6 is 11.3 Å². The average molecular weight is 333 g/mol. The smallest absolute Gasteiger partial charge is 0.122 e. The molecule has 23 heavy (non-hydrogen) atoms. The first-order chi connectivity index (χ1) is 11.1. The number of ether oxygens (including phenoxy) is 1. The van der Waals surface area contributed by atoms with Gasteiger partial charge in [-0.3, -0.25) is 0 Å². The molecule has 1 heterocycles. The molecule has 1 N–H and O–H groups in total. The van der Waals surface area contributed by atoms with E-state index in [2.05, 4.69) is 26.0 Å². The first kappa shape index (κ1) is 18.0. The highest BCUT2D eigenvalue weighted by atomic mass is 32.1. The minimum Gasteiger partial charge on any atom is -0.496 e. The zero-order chi connectivity index (χ0) is 16.8. The van der Waals surface area contributed by atoms with Crippen molar-refractivity contribution < 1.29 is 9.84 Å². The molecule has 0 unspecified atom stereocenters. The predicted molar refractivity (Wildman–Crippen MR) is 99.5 cm³/mol. The number of hydrogen-bond acceptors (Lipinski definition) is 3. The van der Waals surface area contributed by atoms with Crippen LogP contribution in [0.15, 0.2) is 18.2 Å². The van der Waals surface area contributed by atoms with Crippen LogP contribution in [0.25, 0.3) is 10.4 Å². The van der Waals surface area contributed by atoms with Crippen molar-refractivity contribution >= 4 is 11.3 Å². The Bertz CT molecular complexity index is 643. The highest BCUT2D eigenvalue weighted by Gasteiger charge is 2.15. The third-order valence-corrected chi connectivity index (χ3v) is 5.39. The second-order valence-corrected chi connectivity index (χ2v) is 7.42. The van der Waals surface area contributed by atoms with E-state index < -0.39 is 0 Å². The first-order valence-corrected chi connectivity index (χ1v) is 9.30. The van der Waals surface area contributed by atoms with E-state index in [0.717, 1.165) is 28.9 Å². The molecule has 0 atom stereocenters. The largest absolute Gasteiger partial charge is 0.496 e. The minimum absolute atomic E-state index is 0.0619. The molecule has 0 bridgehead atoms. The highest BCUT2D eigenvalue weighted by molar-refractivity contribution is 7.15. The van der Waals surface area contributed by atoms with Crippen molar-refractivity contribution in [2.75, 3.05) is 7.11 Å². The van der Waals surface area contributed by atoms with Crippen LogP contribution in [0.4, 0.5) is 0 Å². The molecule has 0 saturated carbocycles. The van der Waals surface area contributed by atoms with Crippen molar-refractivity contribution in [2.45, 2.75) is 59.5 Å². The molecule has 0 amide bonds. The molecule has 0 aliphatic heterocycles. The van der Waals surface area contributed by atoms with Crippen LogP contribution < -0.4 is 4.74 Å². The van der Waals surface area contributed by atoms with E-state index in [-0.39, 0.29) is 6.61 Å². The molecule has 0 radical (unpaired) electrons. The quantitative estimate of drug-likeness (QED) is 0.632. The molecule has 3 heteroatoms. The summed E-state index contributed by atoms with van der Waals surface area (Å²) in [7, 11) is 1.70. The maximum absolute atomic E-state index is 9.78. The van der Waals surface area contributed by atoms with E-state index in [1.165, 1.54) is 41.0 Å². The summed E-state index contributed by atoms with van der Waals surface area (Å²) in [5.41, 5.74) is 4.58. The number of hydrogen-bond donors (Lipinski definition) is 1. The molecule has 1 aromatic heterocycles. The second kappa shape index (κ2) is 8.51. The lowest BCUT2D eigenvalue weighted by atomic mass is 9.98. The van der Waals surface area contributed by atoms with Crippen LogP contribution in [0.5, 0.6) is 5.75 Å². The Morgan fingerprint density at radius 3 is 2.48 bits per heavy atom. The van der Waals surface area contributed by atoms with Crippen molar-refractivity contribution in [2.24, 2.45) is 0 Å². The van der Waals surface area contributed by atoms with E-state index in [0.29, 0.717) is 0 Å². The summed E-state index contributed by atoms with van der Waals surface area (Å²) in [6, 6.07) is 6.44. The Balaban J connectivity index is 2.37. The van der Waals surface area contributed by atoms with Crippen molar-refractivity contribution in [1.29, 1.82) is 0 Å². The summed E-state index contributed by atoms with van der Waals surface area (Å²) in [6.07, 6.45) is 6.20. The molecule has 1 aromatic carbocycles. The van der Waals surface area contributed by atoms with E-state index in [1.54, 1.807) is 7.11 Å². The van der Waals surface area contributed by atoms with Gasteiger partial charge in [0.05, 0.1) is 13.7 Å². The number of unbranched alkanes of at least 4 members (excludes halogenated alkanes) is 3. The zero-order valence-electron chi connectivity index (χ0n) is 14.7. The van der Waals surface area contributed by atoms with Gasteiger partial charge < -0.3 is 9.84 Å². The molecule has 0 fully saturated rings. The van der Waals surface area contributed by atoms with Crippen LogP contribution in [0.3, 0.4) is 0 Å². The summed E-state index contributed by atoms with van der Waals surface area (Å²) in [5.74, 6) is 0.889. The summed E-state index contributed by atoms with van der Waals surface area (Å²) < 4.78 is 5.49. The van der Waals surface area contributed by atoms with Gasteiger partial charge in [-0.25, -0.2) is 0 Å². The van der Waals surface area contributed by atoms with Gasteiger partial charge in [0, 0.05) is 15.3 Å². The van der Waals surface area contributed by atoms with Crippen molar-refractivity contribution in [1.82, 2.24) is 0 Å². The summed E-state index contributed by atoms with van der Waals surface area (Å²) >= 11 is 1.82. The Hall–Kier alpha value is -1.32. The summed E-state index contributed by atoms with van der Waals surface area (Å²) in [6.45, 7) is 6.49. The molecule has 126 valence electrons. The van der Waals surface area contributed by atoms with Crippen LogP contribution in [-0.2, 0) is 13.0 Å². The Kier molecular flexibility index (Phi) is 6.67. The molecule has 0 aliphatic carbocycles. The number of aryl methyl sites for hydroxylation is 3. The third-order valence-electron chi connectivity index (χ3n) is 4.27. The number of rotatable bonds is 8. The van der Waals surface area contributed by atoms with Gasteiger partial charge in [0.15, 0.2) is 0 Å². The first-order valence-electron chi connectivity index (χ1n) is 8.48. The lowest BCUT2D eigenvalue weighted by Gasteiger charge is -2.13. The van der Waals surface area contributed by atoms with E-state index >= 15 is 0 Å². The fourth-order valence-corrected chi connectivity index (χ4v) is 4.15. The molecule has 2 nitrogen and oxygen atoms in total. The van der Waals surface area contributed by atoms with Gasteiger partial charge in [-0.1, -0.05) is 26.2 Å². The number of methoxy groups -OCH3 is 1. The zero-order valence-corrected chi connectivity index (χ0v) is 15.6. The summed E-state index contributed by atoms with van der Waals surface area (Å²) in [4.78, 5) is 2.62. The van der Waals surface area contributed by atoms with Gasteiger partial charge in [0.25, 0.3) is 0 Å². The predicted octanol–water partition coefficient (Wildman–Crippen LogP) is 5.66. The van der Waals surface area contributed by atoms with Crippen LogP contribution in [0, 0.1) is 13.8 Å². The van der Waals surface area contributed by atoms with Crippen molar-refractivity contribution in [3.63, 3.8) is 0 Å². The van der Waals surface area contributed by atoms with Crippen molar-refractivity contribution in [3.8, 4) is 16.2 Å². The monoisotopic (exact) mass is 332 g/mol. The van der Waals surface area contributed by atoms with E-state index in [1.807, 2.05) is 24.3 Å². The Morgan fingerprint density at radius 2 is 1.83 bits per heavy atom. The molecular weight excluding hydrogens is 304 g/mol. The molecular formula is C20H28O2S. The standard InChI is InChI=1S/C20H28O2S/c1-5-6-7-8-9-16-11-15(3)23-20(16)18-12-19(22-4)14(2)10-17(18)13-21/h10-12,21H,5-9,13H2,1-4H3. The number of aliphatic hydroxyl groups excluding tert-OH is 1. The normalized spacial score (nSPS) is 11.0. The highest BCUT2D eigenvalue weighted by Crippen LogP contribution is 2.38. The Labute approximate surface area is 144 Å². The maximum Gasteiger partial charge on any atom is 0.122 e. The lowest BCUT2D eigenvalue weighted by Crippen LogP contribution is -1.96. The maximum atomic E-state index is 9.78. The fourth-order valence-electron chi connectivity index (χ4n) is 3.03. The number of aliphatic hydroxyl groups is 1. The van der Waals surface area contributed by atoms with Gasteiger partial charge in [0.2, 0.25) is 0 Å². The molecule has 0 aliphatic rings. The second-order valence-electron chi connectivity index (χ2n) is 6.16. The average Bonchev–Trinajstić information content (AvgIpc) is 2.91. The molecule has 2 aromatic rings. The number of benzene rings is 1. The van der Waals surface area contributed by atoms with Crippen LogP contribution in [0.2, 0.25) is 0 Å². The van der Waals surface area contributed by atoms with Crippen molar-refractivity contribution in [3.05, 3.63) is 39.8 Å². The topological polar surface area (TPSA) is 29.5 Å². The van der Waals surface area contributed by atoms with E-state index in [4.69, 9.17) is 4.74 Å². The van der Waals surface area contributed by atoms with Gasteiger partial charge >= 0.3 is 0 Å². The molecule has 0 saturated heterocycles. The number of thiophene rings is 1. The van der Waals surface area contributed by atoms with E-state index in [9.17, 15) is 5.11 Å². The van der Waals surface area contributed by atoms with Gasteiger partial charge in [-0.15, -0.1) is 11.3 Å². The van der Waals surface area contributed by atoms with Gasteiger partial charge in [-0.2, -0.15) is 0 Å². The van der Waals surface area contributed by atoms with Gasteiger partial charge in [-0.05, 0) is 61.6 Å².